The monoisotopic (exact) mass is 342 g/mol. The van der Waals surface area contributed by atoms with E-state index in [9.17, 15) is 4.79 Å². The summed E-state index contributed by atoms with van der Waals surface area (Å²) in [6, 6.07) is 13.3. The third-order valence-electron chi connectivity index (χ3n) is 3.52. The second-order valence-electron chi connectivity index (χ2n) is 5.21. The van der Waals surface area contributed by atoms with Gasteiger partial charge in [0, 0.05) is 0 Å². The second kappa shape index (κ2) is 9.37. The first-order valence-corrected chi connectivity index (χ1v) is 7.84. The first kappa shape index (κ1) is 18.4. The van der Waals surface area contributed by atoms with Crippen molar-refractivity contribution in [2.75, 3.05) is 27.9 Å². The summed E-state index contributed by atoms with van der Waals surface area (Å²) >= 11 is 0. The predicted molar refractivity (Wildman–Crippen MR) is 96.2 cm³/mol. The van der Waals surface area contributed by atoms with Gasteiger partial charge in [0.2, 0.25) is 5.75 Å². The number of rotatable bonds is 8. The minimum Gasteiger partial charge on any atom is -0.493 e. The van der Waals surface area contributed by atoms with Crippen LogP contribution in [-0.4, -0.2) is 33.9 Å². The van der Waals surface area contributed by atoms with Gasteiger partial charge in [-0.2, -0.15) is 0 Å². The van der Waals surface area contributed by atoms with Crippen LogP contribution in [0.2, 0.25) is 0 Å². The van der Waals surface area contributed by atoms with Crippen LogP contribution in [0.5, 0.6) is 17.2 Å². The molecule has 0 saturated heterocycles. The lowest BCUT2D eigenvalue weighted by Crippen LogP contribution is -2.08. The van der Waals surface area contributed by atoms with E-state index in [-0.39, 0.29) is 19.0 Å². The van der Waals surface area contributed by atoms with Crippen molar-refractivity contribution in [3.05, 3.63) is 59.7 Å². The fourth-order valence-corrected chi connectivity index (χ4v) is 2.34. The lowest BCUT2D eigenvalue weighted by molar-refractivity contribution is -0.141. The van der Waals surface area contributed by atoms with Gasteiger partial charge in [-0.05, 0) is 29.3 Å². The van der Waals surface area contributed by atoms with Gasteiger partial charge in [0.1, 0.15) is 6.61 Å². The normalized spacial score (nSPS) is 10.5. The number of hydrogen-bond donors (Lipinski definition) is 0. The van der Waals surface area contributed by atoms with Gasteiger partial charge in [0.25, 0.3) is 0 Å². The molecule has 5 nitrogen and oxygen atoms in total. The van der Waals surface area contributed by atoms with Crippen molar-refractivity contribution in [3.8, 4) is 17.2 Å². The third kappa shape index (κ3) is 5.28. The zero-order valence-electron chi connectivity index (χ0n) is 14.7. The quantitative estimate of drug-likeness (QED) is 0.687. The zero-order valence-corrected chi connectivity index (χ0v) is 14.7. The molecule has 0 N–H and O–H groups in total. The van der Waals surface area contributed by atoms with Gasteiger partial charge >= 0.3 is 5.97 Å². The minimum atomic E-state index is -0.327. The standard InChI is InChI=1S/C20H22O5/c1-22-17-12-16(13-18(23-2)20(17)24-3)14-19(21)25-11-7-10-15-8-5-4-6-9-15/h4-10,12-13H,11,14H2,1-3H3/b10-7+. The van der Waals surface area contributed by atoms with E-state index in [0.29, 0.717) is 17.2 Å². The van der Waals surface area contributed by atoms with E-state index in [0.717, 1.165) is 11.1 Å². The van der Waals surface area contributed by atoms with E-state index in [2.05, 4.69) is 0 Å². The molecule has 0 aliphatic carbocycles. The maximum atomic E-state index is 12.0. The minimum absolute atomic E-state index is 0.121. The Hall–Kier alpha value is -2.95. The van der Waals surface area contributed by atoms with Crippen LogP contribution in [0.1, 0.15) is 11.1 Å². The summed E-state index contributed by atoms with van der Waals surface area (Å²) in [5, 5.41) is 0. The van der Waals surface area contributed by atoms with Gasteiger partial charge in [0.15, 0.2) is 11.5 Å². The highest BCUT2D eigenvalue weighted by Crippen LogP contribution is 2.38. The summed E-state index contributed by atoms with van der Waals surface area (Å²) in [4.78, 5) is 12.0. The van der Waals surface area contributed by atoms with Gasteiger partial charge < -0.3 is 18.9 Å². The van der Waals surface area contributed by atoms with Crippen LogP contribution in [0, 0.1) is 0 Å². The third-order valence-corrected chi connectivity index (χ3v) is 3.52. The first-order chi connectivity index (χ1) is 12.2. The van der Waals surface area contributed by atoms with E-state index in [1.54, 1.807) is 12.1 Å². The van der Waals surface area contributed by atoms with E-state index in [1.807, 2.05) is 42.5 Å². The summed E-state index contributed by atoms with van der Waals surface area (Å²) in [6.07, 6.45) is 3.84. The van der Waals surface area contributed by atoms with E-state index < -0.39 is 0 Å². The Labute approximate surface area is 147 Å². The van der Waals surface area contributed by atoms with E-state index in [1.165, 1.54) is 21.3 Å². The number of esters is 1. The molecule has 5 heteroatoms. The Kier molecular flexibility index (Phi) is 6.89. The Morgan fingerprint density at radius 3 is 2.16 bits per heavy atom. The highest BCUT2D eigenvalue weighted by atomic mass is 16.5. The SMILES string of the molecule is COc1cc(CC(=O)OC/C=C/c2ccccc2)cc(OC)c1OC. The Bertz CT molecular complexity index is 697. The number of carbonyl (C=O) groups is 1. The molecule has 132 valence electrons. The van der Waals surface area contributed by atoms with Crippen LogP contribution in [0.3, 0.4) is 0 Å². The highest BCUT2D eigenvalue weighted by Gasteiger charge is 2.15. The van der Waals surface area contributed by atoms with Crippen molar-refractivity contribution in [3.63, 3.8) is 0 Å². The molecule has 0 aliphatic rings. The summed E-state index contributed by atoms with van der Waals surface area (Å²) in [5.74, 6) is 1.18. The van der Waals surface area contributed by atoms with Crippen molar-refractivity contribution in [1.29, 1.82) is 0 Å². The molecule has 0 amide bonds. The lowest BCUT2D eigenvalue weighted by atomic mass is 10.1. The van der Waals surface area contributed by atoms with Crippen LogP contribution in [-0.2, 0) is 16.0 Å². The number of methoxy groups -OCH3 is 3. The van der Waals surface area contributed by atoms with E-state index >= 15 is 0 Å². The van der Waals surface area contributed by atoms with Gasteiger partial charge in [-0.25, -0.2) is 0 Å². The predicted octanol–water partition coefficient (Wildman–Crippen LogP) is 3.51. The lowest BCUT2D eigenvalue weighted by Gasteiger charge is -2.13. The molecule has 2 aromatic carbocycles. The van der Waals surface area contributed by atoms with Crippen molar-refractivity contribution in [2.24, 2.45) is 0 Å². The van der Waals surface area contributed by atoms with Crippen molar-refractivity contribution in [2.45, 2.75) is 6.42 Å². The molecule has 2 rings (SSSR count). The number of hydrogen-bond acceptors (Lipinski definition) is 5. The molecule has 0 saturated carbocycles. The molecule has 2 aromatic rings. The molecule has 0 fully saturated rings. The Morgan fingerprint density at radius 2 is 1.60 bits per heavy atom. The molecule has 0 atom stereocenters. The molecule has 25 heavy (non-hydrogen) atoms. The molecular weight excluding hydrogens is 320 g/mol. The maximum Gasteiger partial charge on any atom is 0.310 e. The Morgan fingerprint density at radius 1 is 0.960 bits per heavy atom. The van der Waals surface area contributed by atoms with Crippen molar-refractivity contribution < 1.29 is 23.7 Å². The zero-order chi connectivity index (χ0) is 18.1. The summed E-state index contributed by atoms with van der Waals surface area (Å²) in [6.45, 7) is 0.220. The van der Waals surface area contributed by atoms with Crippen LogP contribution in [0.15, 0.2) is 48.5 Å². The molecule has 0 aromatic heterocycles. The van der Waals surface area contributed by atoms with Gasteiger partial charge in [-0.3, -0.25) is 4.79 Å². The average molecular weight is 342 g/mol. The molecule has 0 aliphatic heterocycles. The number of carbonyl (C=O) groups excluding carboxylic acids is 1. The van der Waals surface area contributed by atoms with E-state index in [4.69, 9.17) is 18.9 Å². The fraction of sp³-hybridized carbons (Fsp3) is 0.250. The summed E-state index contributed by atoms with van der Waals surface area (Å²) in [5.41, 5.74) is 1.79. The van der Waals surface area contributed by atoms with Crippen LogP contribution in [0.25, 0.3) is 6.08 Å². The average Bonchev–Trinajstić information content (AvgIpc) is 2.65. The van der Waals surface area contributed by atoms with Gasteiger partial charge in [-0.1, -0.05) is 36.4 Å². The van der Waals surface area contributed by atoms with Crippen LogP contribution >= 0.6 is 0 Å². The first-order valence-electron chi connectivity index (χ1n) is 7.84. The van der Waals surface area contributed by atoms with Gasteiger partial charge in [-0.15, -0.1) is 0 Å². The Balaban J connectivity index is 1.95. The largest absolute Gasteiger partial charge is 0.493 e. The molecule has 0 bridgehead atoms. The van der Waals surface area contributed by atoms with Crippen LogP contribution < -0.4 is 14.2 Å². The molecule has 0 radical (unpaired) electrons. The highest BCUT2D eigenvalue weighted by molar-refractivity contribution is 5.73. The molecular formula is C20H22O5. The van der Waals surface area contributed by atoms with Gasteiger partial charge in [0.05, 0.1) is 27.8 Å². The molecule has 0 unspecified atom stereocenters. The summed E-state index contributed by atoms with van der Waals surface area (Å²) < 4.78 is 21.1. The number of ether oxygens (including phenoxy) is 4. The summed E-state index contributed by atoms with van der Waals surface area (Å²) in [7, 11) is 4.61. The fourth-order valence-electron chi connectivity index (χ4n) is 2.34. The topological polar surface area (TPSA) is 54.0 Å². The van der Waals surface area contributed by atoms with Crippen molar-refractivity contribution in [1.82, 2.24) is 0 Å². The van der Waals surface area contributed by atoms with Crippen LogP contribution in [0.4, 0.5) is 0 Å². The van der Waals surface area contributed by atoms with Crippen molar-refractivity contribution >= 4 is 12.0 Å². The molecule has 0 heterocycles. The number of benzene rings is 2. The molecule has 0 spiro atoms. The maximum absolute atomic E-state index is 12.0. The second-order valence-corrected chi connectivity index (χ2v) is 5.21. The smallest absolute Gasteiger partial charge is 0.310 e.